The minimum atomic E-state index is -0.313. The minimum Gasteiger partial charge on any atom is -0.494 e. The Bertz CT molecular complexity index is 794. The van der Waals surface area contributed by atoms with Gasteiger partial charge in [-0.3, -0.25) is 15.0 Å². The van der Waals surface area contributed by atoms with Gasteiger partial charge in [-0.2, -0.15) is 0 Å². The Kier molecular flexibility index (Phi) is 6.13. The number of thiazole rings is 1. The third-order valence-corrected chi connectivity index (χ3v) is 5.15. The monoisotopic (exact) mass is 393 g/mol. The second kappa shape index (κ2) is 8.53. The smallest absolute Gasteiger partial charge is 0.295 e. The zero-order valence-electron chi connectivity index (χ0n) is 14.1. The number of aromatic nitrogens is 1. The molecule has 1 amide bonds. The van der Waals surface area contributed by atoms with Crippen LogP contribution in [0.15, 0.2) is 42.4 Å². The van der Waals surface area contributed by atoms with Gasteiger partial charge in [-0.15, -0.1) is 23.7 Å². The van der Waals surface area contributed by atoms with Gasteiger partial charge >= 0.3 is 0 Å². The van der Waals surface area contributed by atoms with E-state index in [1.807, 2.05) is 6.07 Å². The van der Waals surface area contributed by atoms with Gasteiger partial charge in [-0.1, -0.05) is 30.3 Å². The number of amides is 1. The Morgan fingerprint density at radius 1 is 1.27 bits per heavy atom. The van der Waals surface area contributed by atoms with Crippen LogP contribution in [0.25, 0.3) is 0 Å². The lowest BCUT2D eigenvalue weighted by molar-refractivity contribution is -0.117. The summed E-state index contributed by atoms with van der Waals surface area (Å²) >= 11 is 1.53. The molecule has 8 heteroatoms. The van der Waals surface area contributed by atoms with E-state index in [9.17, 15) is 4.79 Å². The molecule has 3 heterocycles. The van der Waals surface area contributed by atoms with Crippen LogP contribution in [0.1, 0.15) is 16.1 Å². The van der Waals surface area contributed by atoms with E-state index in [0.717, 1.165) is 31.7 Å². The number of halogens is 1. The predicted octanol–water partition coefficient (Wildman–Crippen LogP) is 2.95. The van der Waals surface area contributed by atoms with Gasteiger partial charge in [0.2, 0.25) is 5.76 Å². The molecule has 0 saturated heterocycles. The quantitative estimate of drug-likeness (QED) is 0.865. The first-order valence-electron chi connectivity index (χ1n) is 8.29. The van der Waals surface area contributed by atoms with Crippen molar-refractivity contribution >= 4 is 34.8 Å². The third-order valence-electron chi connectivity index (χ3n) is 4.15. The maximum Gasteiger partial charge on any atom is 0.295 e. The number of fused-ring (bicyclic) bond motifs is 1. The fraction of sp³-hybridized carbons (Fsp3) is 0.333. The van der Waals surface area contributed by atoms with Crippen molar-refractivity contribution in [1.29, 1.82) is 0 Å². The lowest BCUT2D eigenvalue weighted by atomic mass is 10.1. The van der Waals surface area contributed by atoms with Crippen LogP contribution >= 0.6 is 23.7 Å². The van der Waals surface area contributed by atoms with E-state index in [4.69, 9.17) is 9.47 Å². The molecule has 2 aliphatic heterocycles. The summed E-state index contributed by atoms with van der Waals surface area (Å²) in [6.45, 7) is 3.63. The summed E-state index contributed by atoms with van der Waals surface area (Å²) in [5.74, 6) is -0.114. The van der Waals surface area contributed by atoms with E-state index in [1.54, 1.807) is 0 Å². The van der Waals surface area contributed by atoms with Crippen LogP contribution in [0.5, 0.6) is 0 Å². The van der Waals surface area contributed by atoms with Crippen molar-refractivity contribution in [1.82, 2.24) is 9.88 Å². The molecule has 6 nitrogen and oxygen atoms in total. The highest BCUT2D eigenvalue weighted by molar-refractivity contribution is 7.15. The van der Waals surface area contributed by atoms with Gasteiger partial charge in [0.1, 0.15) is 19.5 Å². The second-order valence-electron chi connectivity index (χ2n) is 5.99. The highest BCUT2D eigenvalue weighted by atomic mass is 35.5. The van der Waals surface area contributed by atoms with Gasteiger partial charge < -0.3 is 9.47 Å². The lowest BCUT2D eigenvalue weighted by Gasteiger charge is -2.25. The number of ether oxygens (including phenoxy) is 2. The molecule has 4 rings (SSSR count). The second-order valence-corrected chi connectivity index (χ2v) is 7.07. The topological polar surface area (TPSA) is 63.7 Å². The highest BCUT2D eigenvalue weighted by Gasteiger charge is 2.23. The molecule has 1 N–H and O–H groups in total. The van der Waals surface area contributed by atoms with Gasteiger partial charge in [-0.25, -0.2) is 4.98 Å². The van der Waals surface area contributed by atoms with Crippen LogP contribution in [-0.2, 0) is 33.8 Å². The molecule has 0 radical (unpaired) electrons. The Morgan fingerprint density at radius 2 is 2.12 bits per heavy atom. The molecule has 0 saturated carbocycles. The van der Waals surface area contributed by atoms with E-state index in [0.29, 0.717) is 18.3 Å². The molecule has 138 valence electrons. The Hall–Kier alpha value is -2.09. The number of carbonyl (C=O) groups excluding carboxylic acids is 1. The fourth-order valence-electron chi connectivity index (χ4n) is 2.92. The zero-order valence-corrected chi connectivity index (χ0v) is 15.8. The van der Waals surface area contributed by atoms with Crippen LogP contribution in [0.2, 0.25) is 0 Å². The van der Waals surface area contributed by atoms with Crippen LogP contribution < -0.4 is 5.32 Å². The van der Waals surface area contributed by atoms with Crippen LogP contribution in [0.4, 0.5) is 5.13 Å². The molecule has 26 heavy (non-hydrogen) atoms. The van der Waals surface area contributed by atoms with Crippen molar-refractivity contribution in [3.63, 3.8) is 0 Å². The van der Waals surface area contributed by atoms with E-state index in [-0.39, 0.29) is 24.1 Å². The summed E-state index contributed by atoms with van der Waals surface area (Å²) in [6.07, 6.45) is 2.25. The first-order chi connectivity index (χ1) is 12.3. The molecular formula is C18H20ClN3O3S. The SMILES string of the molecule is Cl.O=C(Nc1nc2c(s1)CN(Cc1ccccc1)CC2)C1=COCCO1. The first kappa shape index (κ1) is 18.7. The minimum absolute atomic E-state index is 0. The summed E-state index contributed by atoms with van der Waals surface area (Å²) in [5.41, 5.74) is 2.39. The Morgan fingerprint density at radius 3 is 2.88 bits per heavy atom. The average molecular weight is 394 g/mol. The van der Waals surface area contributed by atoms with E-state index >= 15 is 0 Å². The van der Waals surface area contributed by atoms with Gasteiger partial charge in [0, 0.05) is 30.9 Å². The molecular weight excluding hydrogens is 374 g/mol. The normalized spacial score (nSPS) is 16.4. The third kappa shape index (κ3) is 4.35. The number of nitrogens with zero attached hydrogens (tertiary/aromatic N) is 2. The summed E-state index contributed by atoms with van der Waals surface area (Å²) in [7, 11) is 0. The van der Waals surface area contributed by atoms with Crippen LogP contribution in [-0.4, -0.2) is 35.5 Å². The maximum atomic E-state index is 12.2. The number of hydrogen-bond donors (Lipinski definition) is 1. The van der Waals surface area contributed by atoms with Gasteiger partial charge in [0.15, 0.2) is 5.13 Å². The van der Waals surface area contributed by atoms with Crippen molar-refractivity contribution in [2.45, 2.75) is 19.5 Å². The van der Waals surface area contributed by atoms with Crippen molar-refractivity contribution < 1.29 is 14.3 Å². The molecule has 1 aromatic heterocycles. The molecule has 1 aromatic carbocycles. The fourth-order valence-corrected chi connectivity index (χ4v) is 3.97. The highest BCUT2D eigenvalue weighted by Crippen LogP contribution is 2.29. The van der Waals surface area contributed by atoms with Gasteiger partial charge in [0.05, 0.1) is 5.69 Å². The number of hydrogen-bond acceptors (Lipinski definition) is 6. The van der Waals surface area contributed by atoms with Crippen LogP contribution in [0, 0.1) is 0 Å². The number of rotatable bonds is 4. The van der Waals surface area contributed by atoms with Crippen molar-refractivity contribution in [3.8, 4) is 0 Å². The lowest BCUT2D eigenvalue weighted by Crippen LogP contribution is -2.29. The van der Waals surface area contributed by atoms with Crippen molar-refractivity contribution in [2.75, 3.05) is 25.1 Å². The zero-order chi connectivity index (χ0) is 17.1. The van der Waals surface area contributed by atoms with E-state index < -0.39 is 0 Å². The summed E-state index contributed by atoms with van der Waals surface area (Å²) in [4.78, 5) is 20.3. The Balaban J connectivity index is 0.00000196. The van der Waals surface area contributed by atoms with Crippen molar-refractivity contribution in [3.05, 3.63) is 58.5 Å². The standard InChI is InChI=1S/C18H19N3O3S.ClH/c22-17(15-12-23-8-9-24-15)20-18-19-14-6-7-21(11-16(14)25-18)10-13-4-2-1-3-5-13;/h1-5,12H,6-11H2,(H,19,20,22);1H. The van der Waals surface area contributed by atoms with Crippen LogP contribution in [0.3, 0.4) is 0 Å². The van der Waals surface area contributed by atoms with E-state index in [1.165, 1.54) is 28.0 Å². The Labute approximate surface area is 162 Å². The summed E-state index contributed by atoms with van der Waals surface area (Å²) < 4.78 is 10.4. The summed E-state index contributed by atoms with van der Waals surface area (Å²) in [5, 5.41) is 3.43. The molecule has 0 unspecified atom stereocenters. The number of nitrogens with one attached hydrogen (secondary N) is 1. The average Bonchev–Trinajstić information content (AvgIpc) is 3.05. The molecule has 0 bridgehead atoms. The molecule has 2 aromatic rings. The molecule has 0 spiro atoms. The van der Waals surface area contributed by atoms with E-state index in [2.05, 4.69) is 39.5 Å². The predicted molar refractivity (Wildman–Crippen MR) is 102 cm³/mol. The van der Waals surface area contributed by atoms with Gasteiger partial charge in [0.25, 0.3) is 5.91 Å². The van der Waals surface area contributed by atoms with Gasteiger partial charge in [-0.05, 0) is 5.56 Å². The first-order valence-corrected chi connectivity index (χ1v) is 9.10. The maximum absolute atomic E-state index is 12.2. The summed E-state index contributed by atoms with van der Waals surface area (Å²) in [6, 6.07) is 10.5. The van der Waals surface area contributed by atoms with Crippen molar-refractivity contribution in [2.24, 2.45) is 0 Å². The largest absolute Gasteiger partial charge is 0.494 e. The number of anilines is 1. The molecule has 2 aliphatic rings. The number of carbonyl (C=O) groups is 1. The number of benzene rings is 1. The molecule has 0 atom stereocenters. The molecule has 0 aliphatic carbocycles. The molecule has 0 fully saturated rings.